The number of ether oxygens (including phenoxy) is 1. The molecule has 0 atom stereocenters. The van der Waals surface area contributed by atoms with E-state index in [0.29, 0.717) is 5.69 Å². The van der Waals surface area contributed by atoms with Crippen LogP contribution in [0.4, 0.5) is 11.4 Å². The number of halogens is 1. The molecule has 102 valence electrons. The third-order valence-corrected chi connectivity index (χ3v) is 2.72. The van der Waals surface area contributed by atoms with Crippen LogP contribution in [0, 0.1) is 0 Å². The second-order valence-corrected chi connectivity index (χ2v) is 3.99. The van der Waals surface area contributed by atoms with Gasteiger partial charge in [0.15, 0.2) is 0 Å². The second-order valence-electron chi connectivity index (χ2n) is 3.99. The first-order valence-corrected chi connectivity index (χ1v) is 5.86. The Kier molecular flexibility index (Phi) is 5.96. The minimum atomic E-state index is 0. The van der Waals surface area contributed by atoms with E-state index in [-0.39, 0.29) is 12.4 Å². The fourth-order valence-electron chi connectivity index (χ4n) is 1.74. The predicted octanol–water partition coefficient (Wildman–Crippen LogP) is 2.75. The Balaban J connectivity index is 0.00000180. The van der Waals surface area contributed by atoms with Gasteiger partial charge in [-0.05, 0) is 30.2 Å². The normalized spacial score (nSPS) is 9.53. The molecule has 5 heteroatoms. The third kappa shape index (κ3) is 4.34. The maximum Gasteiger partial charge on any atom is 0.119 e. The minimum absolute atomic E-state index is 0. The van der Waals surface area contributed by atoms with Gasteiger partial charge in [0, 0.05) is 12.7 Å². The lowest BCUT2D eigenvalue weighted by atomic mass is 10.1. The van der Waals surface area contributed by atoms with Crippen LogP contribution >= 0.6 is 12.4 Å². The number of nitrogens with zero attached hydrogens (tertiary/aromatic N) is 1. The molecule has 0 spiro atoms. The maximum atomic E-state index is 5.80. The van der Waals surface area contributed by atoms with Crippen LogP contribution in [0.25, 0.3) is 0 Å². The molecule has 1 heterocycles. The summed E-state index contributed by atoms with van der Waals surface area (Å²) in [5.41, 5.74) is 8.63. The summed E-state index contributed by atoms with van der Waals surface area (Å²) in [6.45, 7) is 0.821. The summed E-state index contributed by atoms with van der Waals surface area (Å²) in [5.74, 6) is 0.885. The van der Waals surface area contributed by atoms with Crippen LogP contribution in [-0.4, -0.2) is 18.6 Å². The Morgan fingerprint density at radius 2 is 2.16 bits per heavy atom. The fraction of sp³-hybridized carbons (Fsp3) is 0.214. The van der Waals surface area contributed by atoms with Gasteiger partial charge in [-0.15, -0.1) is 12.4 Å². The highest BCUT2D eigenvalue weighted by Crippen LogP contribution is 2.16. The topological polar surface area (TPSA) is 60.2 Å². The van der Waals surface area contributed by atoms with Gasteiger partial charge >= 0.3 is 0 Å². The first kappa shape index (κ1) is 15.1. The zero-order chi connectivity index (χ0) is 12.8. The Morgan fingerprint density at radius 1 is 1.32 bits per heavy atom. The molecule has 1 aromatic carbocycles. The molecule has 0 fully saturated rings. The molecule has 0 aliphatic heterocycles. The van der Waals surface area contributed by atoms with Crippen molar-refractivity contribution in [1.82, 2.24) is 4.98 Å². The lowest BCUT2D eigenvalue weighted by Crippen LogP contribution is -2.07. The standard InChI is InChI=1S/C14H17N3O.ClH/c1-18-12-4-2-3-11(9-12)5-8-17-14-6-7-16-10-13(14)15;/h2-4,6-7,9-10H,5,8,15H2,1H3,(H,16,17);1H. The molecule has 0 radical (unpaired) electrons. The van der Waals surface area contributed by atoms with Crippen LogP contribution < -0.4 is 15.8 Å². The number of pyridine rings is 1. The first-order chi connectivity index (χ1) is 8.79. The quantitative estimate of drug-likeness (QED) is 0.883. The smallest absolute Gasteiger partial charge is 0.119 e. The largest absolute Gasteiger partial charge is 0.497 e. The number of methoxy groups -OCH3 is 1. The van der Waals surface area contributed by atoms with E-state index in [2.05, 4.69) is 16.4 Å². The van der Waals surface area contributed by atoms with Gasteiger partial charge < -0.3 is 15.8 Å². The summed E-state index contributed by atoms with van der Waals surface area (Å²) in [5, 5.41) is 3.29. The molecule has 0 amide bonds. The molecule has 2 aromatic rings. The zero-order valence-electron chi connectivity index (χ0n) is 10.8. The van der Waals surface area contributed by atoms with Crippen molar-refractivity contribution < 1.29 is 4.74 Å². The number of hydrogen-bond donors (Lipinski definition) is 2. The van der Waals surface area contributed by atoms with Crippen LogP contribution in [0.3, 0.4) is 0 Å². The highest BCUT2D eigenvalue weighted by Gasteiger charge is 1.99. The SMILES string of the molecule is COc1cccc(CCNc2ccncc2N)c1.Cl. The molecule has 3 N–H and O–H groups in total. The first-order valence-electron chi connectivity index (χ1n) is 5.86. The summed E-state index contributed by atoms with van der Waals surface area (Å²) >= 11 is 0. The van der Waals surface area contributed by atoms with Crippen LogP contribution in [0.2, 0.25) is 0 Å². The average Bonchev–Trinajstić information content (AvgIpc) is 2.41. The predicted molar refractivity (Wildman–Crippen MR) is 81.1 cm³/mol. The highest BCUT2D eigenvalue weighted by molar-refractivity contribution is 5.85. The number of nitrogens with one attached hydrogen (secondary N) is 1. The van der Waals surface area contributed by atoms with Crippen LogP contribution in [0.1, 0.15) is 5.56 Å². The number of anilines is 2. The van der Waals surface area contributed by atoms with Gasteiger partial charge in [-0.1, -0.05) is 12.1 Å². The van der Waals surface area contributed by atoms with Gasteiger partial charge in [-0.25, -0.2) is 0 Å². The van der Waals surface area contributed by atoms with Crippen molar-refractivity contribution in [3.8, 4) is 5.75 Å². The van der Waals surface area contributed by atoms with Gasteiger partial charge in [0.2, 0.25) is 0 Å². The van der Waals surface area contributed by atoms with Crippen molar-refractivity contribution >= 4 is 23.8 Å². The maximum absolute atomic E-state index is 5.80. The molecule has 2 rings (SSSR count). The Morgan fingerprint density at radius 3 is 2.89 bits per heavy atom. The molecule has 0 saturated heterocycles. The van der Waals surface area contributed by atoms with Gasteiger partial charge in [0.05, 0.1) is 24.7 Å². The van der Waals surface area contributed by atoms with E-state index in [9.17, 15) is 0 Å². The van der Waals surface area contributed by atoms with E-state index in [1.54, 1.807) is 19.5 Å². The number of aromatic nitrogens is 1. The van der Waals surface area contributed by atoms with E-state index in [1.165, 1.54) is 5.56 Å². The lowest BCUT2D eigenvalue weighted by Gasteiger charge is -2.09. The van der Waals surface area contributed by atoms with Crippen LogP contribution in [0.15, 0.2) is 42.7 Å². The molecule has 4 nitrogen and oxygen atoms in total. The van der Waals surface area contributed by atoms with Crippen LogP contribution in [-0.2, 0) is 6.42 Å². The van der Waals surface area contributed by atoms with Crippen molar-refractivity contribution in [2.75, 3.05) is 24.7 Å². The summed E-state index contributed by atoms with van der Waals surface area (Å²) in [7, 11) is 1.68. The Hall–Kier alpha value is -1.94. The third-order valence-electron chi connectivity index (χ3n) is 2.72. The molecular weight excluding hydrogens is 262 g/mol. The molecular formula is C14H18ClN3O. The Labute approximate surface area is 119 Å². The van der Waals surface area contributed by atoms with Gasteiger partial charge in [0.25, 0.3) is 0 Å². The molecule has 0 aliphatic carbocycles. The molecule has 0 unspecified atom stereocenters. The van der Waals surface area contributed by atoms with Crippen molar-refractivity contribution in [2.45, 2.75) is 6.42 Å². The van der Waals surface area contributed by atoms with Gasteiger partial charge in [0.1, 0.15) is 5.75 Å². The highest BCUT2D eigenvalue weighted by atomic mass is 35.5. The van der Waals surface area contributed by atoms with Gasteiger partial charge in [-0.3, -0.25) is 4.98 Å². The van der Waals surface area contributed by atoms with E-state index >= 15 is 0 Å². The van der Waals surface area contributed by atoms with E-state index in [1.807, 2.05) is 24.3 Å². The van der Waals surface area contributed by atoms with Crippen molar-refractivity contribution in [3.05, 3.63) is 48.3 Å². The van der Waals surface area contributed by atoms with E-state index in [4.69, 9.17) is 10.5 Å². The molecule has 19 heavy (non-hydrogen) atoms. The average molecular weight is 280 g/mol. The molecule has 0 saturated carbocycles. The summed E-state index contributed by atoms with van der Waals surface area (Å²) in [6.07, 6.45) is 4.29. The zero-order valence-corrected chi connectivity index (χ0v) is 11.6. The second kappa shape index (κ2) is 7.48. The number of rotatable bonds is 5. The number of nitrogen functional groups attached to an aromatic ring is 1. The number of benzene rings is 1. The minimum Gasteiger partial charge on any atom is -0.497 e. The van der Waals surface area contributed by atoms with E-state index in [0.717, 1.165) is 24.4 Å². The lowest BCUT2D eigenvalue weighted by molar-refractivity contribution is 0.414. The Bertz CT molecular complexity index is 520. The summed E-state index contributed by atoms with van der Waals surface area (Å²) < 4.78 is 5.19. The summed E-state index contributed by atoms with van der Waals surface area (Å²) in [6, 6.07) is 9.94. The molecule has 1 aromatic heterocycles. The number of nitrogens with two attached hydrogens (primary N) is 1. The van der Waals surface area contributed by atoms with Crippen molar-refractivity contribution in [1.29, 1.82) is 0 Å². The molecule has 0 bridgehead atoms. The van der Waals surface area contributed by atoms with Crippen molar-refractivity contribution in [3.63, 3.8) is 0 Å². The van der Waals surface area contributed by atoms with Gasteiger partial charge in [-0.2, -0.15) is 0 Å². The fourth-order valence-corrected chi connectivity index (χ4v) is 1.74. The monoisotopic (exact) mass is 279 g/mol. The summed E-state index contributed by atoms with van der Waals surface area (Å²) in [4.78, 5) is 3.95. The van der Waals surface area contributed by atoms with Crippen molar-refractivity contribution in [2.24, 2.45) is 0 Å². The number of hydrogen-bond acceptors (Lipinski definition) is 4. The molecule has 0 aliphatic rings. The van der Waals surface area contributed by atoms with Crippen LogP contribution in [0.5, 0.6) is 5.75 Å². The van der Waals surface area contributed by atoms with E-state index < -0.39 is 0 Å².